The summed E-state index contributed by atoms with van der Waals surface area (Å²) in [6.07, 6.45) is -0.444. The summed E-state index contributed by atoms with van der Waals surface area (Å²) in [5, 5.41) is 7.65. The Morgan fingerprint density at radius 3 is 1.85 bits per heavy atom. The molecular weight excluding hydrogens is 520 g/mol. The van der Waals surface area contributed by atoms with Gasteiger partial charge in [-0.25, -0.2) is 4.79 Å². The van der Waals surface area contributed by atoms with E-state index in [2.05, 4.69) is 30.9 Å². The molecule has 0 spiro atoms. The summed E-state index contributed by atoms with van der Waals surface area (Å²) in [4.78, 5) is 76.2. The lowest BCUT2D eigenvalue weighted by molar-refractivity contribution is -0.143. The lowest BCUT2D eigenvalue weighted by Gasteiger charge is -2.21. The van der Waals surface area contributed by atoms with Crippen molar-refractivity contribution in [2.45, 2.75) is 76.6 Å². The number of amides is 4. The molecule has 8 N–H and O–H groups in total. The van der Waals surface area contributed by atoms with Gasteiger partial charge < -0.3 is 41.6 Å². The Bertz CT molecular complexity index is 833. The maximum absolute atomic E-state index is 12.7. The van der Waals surface area contributed by atoms with Crippen LogP contribution in [0.4, 0.5) is 4.79 Å². The highest BCUT2D eigenvalue weighted by atomic mass is 16.7. The third kappa shape index (κ3) is 17.6. The maximum Gasteiger partial charge on any atom is 0.431 e. The first-order valence-corrected chi connectivity index (χ1v) is 12.3. The van der Waals surface area contributed by atoms with Crippen LogP contribution < -0.4 is 32.9 Å². The van der Waals surface area contributed by atoms with Crippen molar-refractivity contribution in [2.75, 3.05) is 33.9 Å². The molecule has 0 aliphatic heterocycles. The molecule has 0 rings (SSSR count). The number of hydrogen-bond acceptors (Lipinski definition) is 12. The van der Waals surface area contributed by atoms with Crippen LogP contribution in [0.3, 0.4) is 0 Å². The first-order chi connectivity index (χ1) is 18.2. The Morgan fingerprint density at radius 2 is 1.31 bits per heavy atom. The van der Waals surface area contributed by atoms with Crippen LogP contribution in [0.2, 0.25) is 0 Å². The highest BCUT2D eigenvalue weighted by Crippen LogP contribution is 2.06. The molecule has 0 aliphatic carbocycles. The van der Waals surface area contributed by atoms with Gasteiger partial charge >= 0.3 is 18.0 Å². The van der Waals surface area contributed by atoms with Gasteiger partial charge in [0, 0.05) is 13.1 Å². The molecule has 0 radical (unpaired) electrons. The third-order valence-electron chi connectivity index (χ3n) is 4.81. The number of unbranched alkanes of at least 4 members (excludes halogenated alkanes) is 1. The van der Waals surface area contributed by atoms with Crippen molar-refractivity contribution in [3.05, 3.63) is 0 Å². The van der Waals surface area contributed by atoms with Crippen molar-refractivity contribution in [3.8, 4) is 0 Å². The highest BCUT2D eigenvalue weighted by molar-refractivity contribution is 5.91. The van der Waals surface area contributed by atoms with Gasteiger partial charge in [0.2, 0.25) is 17.7 Å². The van der Waals surface area contributed by atoms with Gasteiger partial charge in [-0.15, -0.1) is 0 Å². The van der Waals surface area contributed by atoms with E-state index in [0.29, 0.717) is 12.8 Å². The molecule has 39 heavy (non-hydrogen) atoms. The van der Waals surface area contributed by atoms with E-state index in [-0.39, 0.29) is 39.0 Å². The van der Waals surface area contributed by atoms with Crippen molar-refractivity contribution < 1.29 is 47.8 Å². The number of esters is 2. The Kier molecular flexibility index (Phi) is 17.0. The molecule has 4 amide bonds. The van der Waals surface area contributed by atoms with E-state index in [9.17, 15) is 28.8 Å². The number of carbonyl (C=O) groups excluding carboxylic acids is 6. The lowest BCUT2D eigenvalue weighted by atomic mass is 10.1. The van der Waals surface area contributed by atoms with Crippen molar-refractivity contribution >= 4 is 35.8 Å². The number of nitrogens with two attached hydrogens (primary N) is 2. The summed E-state index contributed by atoms with van der Waals surface area (Å²) in [6, 6.07) is -3.31. The summed E-state index contributed by atoms with van der Waals surface area (Å²) < 4.78 is 14.0. The van der Waals surface area contributed by atoms with Crippen LogP contribution in [0, 0.1) is 0 Å². The van der Waals surface area contributed by atoms with Crippen LogP contribution in [-0.2, 0) is 43.0 Å². The summed E-state index contributed by atoms with van der Waals surface area (Å²) in [5.74, 6) is -3.12. The normalized spacial score (nSPS) is 13.2. The molecule has 0 aromatic rings. The quantitative estimate of drug-likeness (QED) is 0.0494. The van der Waals surface area contributed by atoms with Crippen molar-refractivity contribution in [3.63, 3.8) is 0 Å². The fourth-order valence-electron chi connectivity index (χ4n) is 2.83. The topological polar surface area (TPSA) is 239 Å². The number of hydrogen-bond donors (Lipinski definition) is 6. The Balaban J connectivity index is 4.77. The van der Waals surface area contributed by atoms with Gasteiger partial charge in [0.15, 0.2) is 0 Å². The smallest absolute Gasteiger partial charge is 0.431 e. The SMILES string of the molecule is COC(=O)C[C@H](N)C(=O)NCCCC[C@H](NC(=O)[C@@H](N)CC(=O)OC)C(=O)NCCONC(=O)OC(C)(C)C. The van der Waals surface area contributed by atoms with E-state index in [0.717, 1.165) is 7.11 Å². The average Bonchev–Trinajstić information content (AvgIpc) is 2.85. The second-order valence-electron chi connectivity index (χ2n) is 9.36. The van der Waals surface area contributed by atoms with Gasteiger partial charge in [-0.05, 0) is 40.0 Å². The number of hydroxylamine groups is 1. The number of carbonyl (C=O) groups is 6. The molecule has 16 nitrogen and oxygen atoms in total. The van der Waals surface area contributed by atoms with Crippen molar-refractivity contribution in [2.24, 2.45) is 11.5 Å². The molecular formula is C23H42N6O10. The van der Waals surface area contributed by atoms with E-state index in [4.69, 9.17) is 21.0 Å². The van der Waals surface area contributed by atoms with Crippen molar-refractivity contribution in [1.82, 2.24) is 21.4 Å². The zero-order valence-electron chi connectivity index (χ0n) is 23.1. The first-order valence-electron chi connectivity index (χ1n) is 12.3. The molecule has 0 bridgehead atoms. The molecule has 0 aliphatic rings. The predicted octanol–water partition coefficient (Wildman–Crippen LogP) is -1.89. The second-order valence-corrected chi connectivity index (χ2v) is 9.36. The predicted molar refractivity (Wildman–Crippen MR) is 136 cm³/mol. The largest absolute Gasteiger partial charge is 0.469 e. The van der Waals surface area contributed by atoms with E-state index in [1.165, 1.54) is 7.11 Å². The van der Waals surface area contributed by atoms with E-state index >= 15 is 0 Å². The molecule has 0 saturated carbocycles. The lowest BCUT2D eigenvalue weighted by Crippen LogP contribution is -2.52. The van der Waals surface area contributed by atoms with Gasteiger partial charge in [-0.3, -0.25) is 28.8 Å². The van der Waals surface area contributed by atoms with E-state index < -0.39 is 59.5 Å². The zero-order chi connectivity index (χ0) is 30.0. The summed E-state index contributed by atoms with van der Waals surface area (Å²) >= 11 is 0. The molecule has 0 aromatic carbocycles. The van der Waals surface area contributed by atoms with Crippen LogP contribution in [0.15, 0.2) is 0 Å². The first kappa shape index (κ1) is 35.5. The van der Waals surface area contributed by atoms with Gasteiger partial charge in [0.1, 0.15) is 11.6 Å². The fraction of sp³-hybridized carbons (Fsp3) is 0.739. The molecule has 0 saturated heterocycles. The molecule has 3 atom stereocenters. The van der Waals surface area contributed by atoms with Crippen LogP contribution >= 0.6 is 0 Å². The van der Waals surface area contributed by atoms with Crippen LogP contribution in [0.5, 0.6) is 0 Å². The fourth-order valence-corrected chi connectivity index (χ4v) is 2.83. The van der Waals surface area contributed by atoms with Gasteiger partial charge in [-0.2, -0.15) is 5.48 Å². The standard InChI is InChI=1S/C23H42N6O10/c1-23(2,3)39-22(35)29-38-11-10-27-21(34)16(28-20(33)15(25)13-18(31)37-5)8-6-7-9-26-19(32)14(24)12-17(30)36-4/h14-16H,6-13,24-25H2,1-5H3,(H,26,32)(H,27,34)(H,28,33)(H,29,35)/t14-,15-,16-/m0/s1. The number of ether oxygens (including phenoxy) is 3. The van der Waals surface area contributed by atoms with Crippen molar-refractivity contribution in [1.29, 1.82) is 0 Å². The van der Waals surface area contributed by atoms with Crippen LogP contribution in [0.25, 0.3) is 0 Å². The third-order valence-corrected chi connectivity index (χ3v) is 4.81. The Labute approximate surface area is 227 Å². The highest BCUT2D eigenvalue weighted by Gasteiger charge is 2.25. The molecule has 0 aromatic heterocycles. The maximum atomic E-state index is 12.7. The number of nitrogens with one attached hydrogen (secondary N) is 4. The monoisotopic (exact) mass is 562 g/mol. The summed E-state index contributed by atoms with van der Waals surface area (Å²) in [6.45, 7) is 5.17. The Hall–Kier alpha value is -3.50. The van der Waals surface area contributed by atoms with Crippen LogP contribution in [0.1, 0.15) is 52.9 Å². The summed E-state index contributed by atoms with van der Waals surface area (Å²) in [5.41, 5.74) is 12.7. The second kappa shape index (κ2) is 18.7. The molecule has 224 valence electrons. The van der Waals surface area contributed by atoms with Gasteiger partial charge in [0.25, 0.3) is 0 Å². The minimum atomic E-state index is -1.23. The minimum Gasteiger partial charge on any atom is -0.469 e. The molecule has 0 fully saturated rings. The zero-order valence-corrected chi connectivity index (χ0v) is 23.1. The van der Waals surface area contributed by atoms with E-state index in [1.807, 2.05) is 0 Å². The minimum absolute atomic E-state index is 0.0106. The number of rotatable bonds is 17. The Morgan fingerprint density at radius 1 is 0.769 bits per heavy atom. The number of methoxy groups -OCH3 is 2. The van der Waals surface area contributed by atoms with Gasteiger partial charge in [-0.1, -0.05) is 0 Å². The molecule has 16 heteroatoms. The average molecular weight is 563 g/mol. The molecule has 0 unspecified atom stereocenters. The van der Waals surface area contributed by atoms with E-state index in [1.54, 1.807) is 20.8 Å². The summed E-state index contributed by atoms with van der Waals surface area (Å²) in [7, 11) is 2.35. The van der Waals surface area contributed by atoms with Gasteiger partial charge in [0.05, 0.1) is 45.8 Å². The molecule has 0 heterocycles. The van der Waals surface area contributed by atoms with Crippen LogP contribution in [-0.4, -0.2) is 93.4 Å².